The van der Waals surface area contributed by atoms with E-state index < -0.39 is 6.04 Å². The second-order valence-corrected chi connectivity index (χ2v) is 3.01. The zero-order valence-electron chi connectivity index (χ0n) is 8.69. The van der Waals surface area contributed by atoms with E-state index >= 15 is 0 Å². The predicted octanol–water partition coefficient (Wildman–Crippen LogP) is -1.03. The molecule has 0 aromatic carbocycles. The van der Waals surface area contributed by atoms with E-state index in [0.717, 1.165) is 0 Å². The van der Waals surface area contributed by atoms with Crippen molar-refractivity contribution in [2.75, 3.05) is 13.7 Å². The lowest BCUT2D eigenvalue weighted by Crippen LogP contribution is -2.43. The molecule has 0 aliphatic rings. The van der Waals surface area contributed by atoms with Crippen LogP contribution in [0.3, 0.4) is 0 Å². The van der Waals surface area contributed by atoms with Crippen LogP contribution >= 0.6 is 0 Å². The third-order valence-electron chi connectivity index (χ3n) is 1.67. The van der Waals surface area contributed by atoms with Crippen molar-refractivity contribution in [2.45, 2.75) is 19.5 Å². The minimum absolute atomic E-state index is 0.175. The Hall–Kier alpha value is -1.47. The molecule has 0 radical (unpaired) electrons. The summed E-state index contributed by atoms with van der Waals surface area (Å²) in [6, 6.07) is -0.681. The maximum absolute atomic E-state index is 11.3. The van der Waals surface area contributed by atoms with E-state index in [0.29, 0.717) is 11.7 Å². The fraction of sp³-hybridized carbons (Fsp3) is 0.625. The van der Waals surface area contributed by atoms with E-state index in [-0.39, 0.29) is 19.1 Å². The highest BCUT2D eigenvalue weighted by Crippen LogP contribution is 1.94. The Kier molecular flexibility index (Phi) is 4.19. The Bertz CT molecular complexity index is 325. The largest absolute Gasteiger partial charge is 0.383 e. The number of carbonyl (C=O) groups is 1. The van der Waals surface area contributed by atoms with Gasteiger partial charge in [-0.3, -0.25) is 4.79 Å². The Morgan fingerprint density at radius 2 is 2.47 bits per heavy atom. The standard InChI is InChI=1S/C8H14N4O3/c1-5-11-7(15-12-5)3-10-8(13)6(9)4-14-2/h6H,3-4,9H2,1-2H3,(H,10,13). The van der Waals surface area contributed by atoms with E-state index in [1.54, 1.807) is 6.92 Å². The van der Waals surface area contributed by atoms with Gasteiger partial charge in [0.25, 0.3) is 0 Å². The fourth-order valence-corrected chi connectivity index (χ4v) is 0.961. The fourth-order valence-electron chi connectivity index (χ4n) is 0.961. The zero-order valence-corrected chi connectivity index (χ0v) is 8.69. The quantitative estimate of drug-likeness (QED) is 0.649. The number of nitrogens with zero attached hydrogens (tertiary/aromatic N) is 2. The van der Waals surface area contributed by atoms with Crippen LogP contribution in [0.25, 0.3) is 0 Å². The van der Waals surface area contributed by atoms with E-state index in [2.05, 4.69) is 15.5 Å². The maximum atomic E-state index is 11.3. The van der Waals surface area contributed by atoms with Crippen LogP contribution in [0.2, 0.25) is 0 Å². The molecule has 1 atom stereocenters. The van der Waals surface area contributed by atoms with Crippen LogP contribution in [0.4, 0.5) is 0 Å². The van der Waals surface area contributed by atoms with Crippen LogP contribution in [0.1, 0.15) is 11.7 Å². The van der Waals surface area contributed by atoms with Gasteiger partial charge in [-0.05, 0) is 6.92 Å². The maximum Gasteiger partial charge on any atom is 0.246 e. The van der Waals surface area contributed by atoms with Crippen LogP contribution in [0.15, 0.2) is 4.52 Å². The Labute approximate surface area is 87.0 Å². The molecule has 0 fully saturated rings. The summed E-state index contributed by atoms with van der Waals surface area (Å²) in [5.74, 6) is 0.568. The molecule has 3 N–H and O–H groups in total. The van der Waals surface area contributed by atoms with Crippen LogP contribution in [0.5, 0.6) is 0 Å². The van der Waals surface area contributed by atoms with Crippen molar-refractivity contribution in [3.8, 4) is 0 Å². The third kappa shape index (κ3) is 3.64. The van der Waals surface area contributed by atoms with Gasteiger partial charge in [0, 0.05) is 7.11 Å². The second-order valence-electron chi connectivity index (χ2n) is 3.01. The summed E-state index contributed by atoms with van der Waals surface area (Å²) < 4.78 is 9.55. The molecular formula is C8H14N4O3. The predicted molar refractivity (Wildman–Crippen MR) is 50.7 cm³/mol. The van der Waals surface area contributed by atoms with Crippen molar-refractivity contribution in [3.05, 3.63) is 11.7 Å². The van der Waals surface area contributed by atoms with Gasteiger partial charge in [0.05, 0.1) is 13.2 Å². The minimum atomic E-state index is -0.681. The lowest BCUT2D eigenvalue weighted by Gasteiger charge is -2.09. The van der Waals surface area contributed by atoms with Crippen LogP contribution in [-0.2, 0) is 16.1 Å². The molecule has 1 aromatic heterocycles. The average molecular weight is 214 g/mol. The summed E-state index contributed by atoms with van der Waals surface area (Å²) in [5.41, 5.74) is 5.49. The Morgan fingerprint density at radius 1 is 1.73 bits per heavy atom. The highest BCUT2D eigenvalue weighted by molar-refractivity contribution is 5.81. The first-order valence-corrected chi connectivity index (χ1v) is 4.45. The highest BCUT2D eigenvalue weighted by Gasteiger charge is 2.13. The number of ether oxygens (including phenoxy) is 1. The van der Waals surface area contributed by atoms with Crippen LogP contribution < -0.4 is 11.1 Å². The Balaban J connectivity index is 2.34. The number of rotatable bonds is 5. The van der Waals surface area contributed by atoms with Gasteiger partial charge < -0.3 is 20.3 Å². The normalized spacial score (nSPS) is 12.5. The van der Waals surface area contributed by atoms with Gasteiger partial charge in [0.15, 0.2) is 5.82 Å². The molecule has 1 unspecified atom stereocenters. The first-order chi connectivity index (χ1) is 7.13. The summed E-state index contributed by atoms with van der Waals surface area (Å²) in [5, 5.41) is 6.14. The van der Waals surface area contributed by atoms with Crippen molar-refractivity contribution < 1.29 is 14.1 Å². The molecule has 15 heavy (non-hydrogen) atoms. The molecule has 1 amide bonds. The van der Waals surface area contributed by atoms with Gasteiger partial charge in [-0.15, -0.1) is 0 Å². The molecule has 0 saturated heterocycles. The lowest BCUT2D eigenvalue weighted by atomic mass is 10.3. The summed E-state index contributed by atoms with van der Waals surface area (Å²) in [6.45, 7) is 2.05. The SMILES string of the molecule is COCC(N)C(=O)NCc1nc(C)no1. The smallest absolute Gasteiger partial charge is 0.246 e. The minimum Gasteiger partial charge on any atom is -0.383 e. The lowest BCUT2D eigenvalue weighted by molar-refractivity contribution is -0.123. The van der Waals surface area contributed by atoms with Crippen molar-refractivity contribution in [2.24, 2.45) is 5.73 Å². The van der Waals surface area contributed by atoms with Gasteiger partial charge >= 0.3 is 0 Å². The molecule has 0 aliphatic heterocycles. The number of nitrogens with one attached hydrogen (secondary N) is 1. The van der Waals surface area contributed by atoms with Gasteiger partial charge in [-0.25, -0.2) is 0 Å². The molecule has 1 aromatic rings. The number of hydrogen-bond acceptors (Lipinski definition) is 6. The van der Waals surface area contributed by atoms with Crippen molar-refractivity contribution >= 4 is 5.91 Å². The van der Waals surface area contributed by atoms with Gasteiger partial charge in [0.1, 0.15) is 6.04 Å². The number of amides is 1. The Morgan fingerprint density at radius 3 is 3.00 bits per heavy atom. The summed E-state index contributed by atoms with van der Waals surface area (Å²) >= 11 is 0. The monoisotopic (exact) mass is 214 g/mol. The van der Waals surface area contributed by atoms with E-state index in [9.17, 15) is 4.79 Å². The number of aryl methyl sites for hydroxylation is 1. The highest BCUT2D eigenvalue weighted by atomic mass is 16.5. The number of aromatic nitrogens is 2. The molecule has 0 saturated carbocycles. The number of methoxy groups -OCH3 is 1. The number of hydrogen-bond donors (Lipinski definition) is 2. The molecule has 1 heterocycles. The topological polar surface area (TPSA) is 103 Å². The molecule has 0 bridgehead atoms. The molecule has 7 heteroatoms. The zero-order chi connectivity index (χ0) is 11.3. The molecule has 0 spiro atoms. The molecule has 0 aliphatic carbocycles. The summed E-state index contributed by atoms with van der Waals surface area (Å²) in [6.07, 6.45) is 0. The van der Waals surface area contributed by atoms with Crippen LogP contribution in [0, 0.1) is 6.92 Å². The summed E-state index contributed by atoms with van der Waals surface area (Å²) in [4.78, 5) is 15.2. The van der Waals surface area contributed by atoms with Crippen molar-refractivity contribution in [3.63, 3.8) is 0 Å². The second kappa shape index (κ2) is 5.42. The molecule has 7 nitrogen and oxygen atoms in total. The van der Waals surface area contributed by atoms with Gasteiger partial charge in [0.2, 0.25) is 11.8 Å². The third-order valence-corrected chi connectivity index (χ3v) is 1.67. The number of carbonyl (C=O) groups excluding carboxylic acids is 1. The molecule has 84 valence electrons. The first-order valence-electron chi connectivity index (χ1n) is 4.45. The van der Waals surface area contributed by atoms with Crippen molar-refractivity contribution in [1.29, 1.82) is 0 Å². The average Bonchev–Trinajstić information content (AvgIpc) is 2.61. The van der Waals surface area contributed by atoms with E-state index in [4.69, 9.17) is 15.0 Å². The van der Waals surface area contributed by atoms with Gasteiger partial charge in [-0.1, -0.05) is 5.16 Å². The molecular weight excluding hydrogens is 200 g/mol. The van der Waals surface area contributed by atoms with Gasteiger partial charge in [-0.2, -0.15) is 4.98 Å². The first kappa shape index (κ1) is 11.6. The van der Waals surface area contributed by atoms with E-state index in [1.165, 1.54) is 7.11 Å². The van der Waals surface area contributed by atoms with Crippen LogP contribution in [-0.4, -0.2) is 35.8 Å². The summed E-state index contributed by atoms with van der Waals surface area (Å²) in [7, 11) is 1.48. The van der Waals surface area contributed by atoms with Crippen molar-refractivity contribution in [1.82, 2.24) is 15.5 Å². The van der Waals surface area contributed by atoms with E-state index in [1.807, 2.05) is 0 Å². The molecule has 1 rings (SSSR count). The number of nitrogens with two attached hydrogens (primary N) is 1.